The highest BCUT2D eigenvalue weighted by atomic mass is 15.1. The summed E-state index contributed by atoms with van der Waals surface area (Å²) in [4.78, 5) is 7.95. The predicted octanol–water partition coefficient (Wildman–Crippen LogP) is 4.87. The molecule has 0 N–H and O–H groups in total. The zero-order chi connectivity index (χ0) is 18.7. The zero-order valence-electron chi connectivity index (χ0n) is 18.3. The Labute approximate surface area is 169 Å². The second-order valence-electron chi connectivity index (χ2n) is 9.93. The first-order valence-corrected chi connectivity index (χ1v) is 12.4. The van der Waals surface area contributed by atoms with Crippen LogP contribution in [0.3, 0.4) is 0 Å². The second-order valence-corrected chi connectivity index (χ2v) is 9.93. The van der Waals surface area contributed by atoms with E-state index in [1.807, 2.05) is 0 Å². The summed E-state index contributed by atoms with van der Waals surface area (Å²) in [5, 5.41) is 0. The normalized spacial score (nSPS) is 25.2. The van der Waals surface area contributed by atoms with Crippen molar-refractivity contribution in [2.75, 3.05) is 59.4 Å². The highest BCUT2D eigenvalue weighted by Crippen LogP contribution is 2.27. The van der Waals surface area contributed by atoms with Crippen molar-refractivity contribution < 1.29 is 0 Å². The van der Waals surface area contributed by atoms with Gasteiger partial charge in [-0.2, -0.15) is 0 Å². The molecule has 0 unspecified atom stereocenters. The zero-order valence-corrected chi connectivity index (χ0v) is 18.3. The van der Waals surface area contributed by atoms with Gasteiger partial charge in [0.15, 0.2) is 0 Å². The molecule has 3 aliphatic heterocycles. The molecule has 3 saturated heterocycles. The largest absolute Gasteiger partial charge is 0.306 e. The molecule has 3 fully saturated rings. The van der Waals surface area contributed by atoms with Crippen LogP contribution in [0.2, 0.25) is 0 Å². The lowest BCUT2D eigenvalue weighted by Gasteiger charge is -2.33. The van der Waals surface area contributed by atoms with E-state index in [0.29, 0.717) is 0 Å². The summed E-state index contributed by atoms with van der Waals surface area (Å²) in [7, 11) is 2.28. The van der Waals surface area contributed by atoms with E-state index in [1.165, 1.54) is 136 Å². The maximum absolute atomic E-state index is 2.76. The number of unbranched alkanes of at least 4 members (excludes halogenated alkanes) is 2. The minimum atomic E-state index is 1.03. The number of hydrogen-bond donors (Lipinski definition) is 0. The van der Waals surface area contributed by atoms with Gasteiger partial charge < -0.3 is 14.7 Å². The van der Waals surface area contributed by atoms with Crippen LogP contribution in [0.4, 0.5) is 0 Å². The number of rotatable bonds is 10. The van der Waals surface area contributed by atoms with Gasteiger partial charge >= 0.3 is 0 Å². The maximum Gasteiger partial charge on any atom is -0.00161 e. The van der Waals surface area contributed by atoms with Crippen LogP contribution in [0.15, 0.2) is 0 Å². The molecule has 0 bridgehead atoms. The minimum Gasteiger partial charge on any atom is -0.306 e. The average molecular weight is 378 g/mol. The molecule has 3 heterocycles. The predicted molar refractivity (Wildman–Crippen MR) is 117 cm³/mol. The molecule has 0 aliphatic carbocycles. The molecule has 3 heteroatoms. The summed E-state index contributed by atoms with van der Waals surface area (Å²) < 4.78 is 0. The van der Waals surface area contributed by atoms with E-state index in [2.05, 4.69) is 21.7 Å². The lowest BCUT2D eigenvalue weighted by Crippen LogP contribution is -2.34. The van der Waals surface area contributed by atoms with Crippen LogP contribution >= 0.6 is 0 Å². The molecule has 0 radical (unpaired) electrons. The van der Waals surface area contributed by atoms with Crippen molar-refractivity contribution in [2.24, 2.45) is 11.8 Å². The minimum absolute atomic E-state index is 1.03. The SMILES string of the molecule is CN1CCC(CCCC2CCN(CCCCCN3CCCCC3)CC2)CC1. The second kappa shape index (κ2) is 12.4. The number of piperidine rings is 3. The lowest BCUT2D eigenvalue weighted by atomic mass is 9.87. The first-order chi connectivity index (χ1) is 13.3. The van der Waals surface area contributed by atoms with Gasteiger partial charge in [0.2, 0.25) is 0 Å². The Hall–Kier alpha value is -0.120. The third-order valence-electron chi connectivity index (χ3n) is 7.67. The Morgan fingerprint density at radius 2 is 1.07 bits per heavy atom. The molecular formula is C24H47N3. The molecule has 0 atom stereocenters. The summed E-state index contributed by atoms with van der Waals surface area (Å²) in [6.07, 6.45) is 19.0. The number of likely N-dealkylation sites (tertiary alicyclic amines) is 3. The molecule has 0 aromatic heterocycles. The third kappa shape index (κ3) is 8.41. The standard InChI is InChI=1S/C24H47N3/c1-25-19-11-23(12-20-25)9-8-10-24-13-21-27(22-14-24)18-7-3-6-17-26-15-4-2-5-16-26/h23-24H,2-22H2,1H3. The van der Waals surface area contributed by atoms with E-state index in [-0.39, 0.29) is 0 Å². The molecule has 0 amide bonds. The quantitative estimate of drug-likeness (QED) is 0.503. The van der Waals surface area contributed by atoms with Crippen molar-refractivity contribution in [3.05, 3.63) is 0 Å². The summed E-state index contributed by atoms with van der Waals surface area (Å²) in [5.74, 6) is 2.07. The summed E-state index contributed by atoms with van der Waals surface area (Å²) in [6, 6.07) is 0. The van der Waals surface area contributed by atoms with Crippen LogP contribution < -0.4 is 0 Å². The Balaban J connectivity index is 1.14. The maximum atomic E-state index is 2.76. The highest BCUT2D eigenvalue weighted by molar-refractivity contribution is 4.75. The molecule has 27 heavy (non-hydrogen) atoms. The van der Waals surface area contributed by atoms with Gasteiger partial charge in [-0.05, 0) is 123 Å². The Bertz CT molecular complexity index is 364. The highest BCUT2D eigenvalue weighted by Gasteiger charge is 2.20. The summed E-state index contributed by atoms with van der Waals surface area (Å²) in [6.45, 7) is 10.9. The van der Waals surface area contributed by atoms with Gasteiger partial charge in [-0.25, -0.2) is 0 Å². The summed E-state index contributed by atoms with van der Waals surface area (Å²) in [5.41, 5.74) is 0. The van der Waals surface area contributed by atoms with Gasteiger partial charge in [-0.15, -0.1) is 0 Å². The van der Waals surface area contributed by atoms with E-state index in [0.717, 1.165) is 11.8 Å². The Morgan fingerprint density at radius 3 is 1.67 bits per heavy atom. The fraction of sp³-hybridized carbons (Fsp3) is 1.00. The first kappa shape index (κ1) is 21.6. The van der Waals surface area contributed by atoms with Crippen molar-refractivity contribution in [3.8, 4) is 0 Å². The van der Waals surface area contributed by atoms with Crippen LogP contribution in [0.5, 0.6) is 0 Å². The monoisotopic (exact) mass is 377 g/mol. The Morgan fingerprint density at radius 1 is 0.556 bits per heavy atom. The van der Waals surface area contributed by atoms with Crippen LogP contribution in [-0.2, 0) is 0 Å². The van der Waals surface area contributed by atoms with Crippen LogP contribution in [0, 0.1) is 11.8 Å². The van der Waals surface area contributed by atoms with Crippen LogP contribution in [0.1, 0.15) is 83.5 Å². The first-order valence-electron chi connectivity index (χ1n) is 12.4. The average Bonchev–Trinajstić information content (AvgIpc) is 2.71. The lowest BCUT2D eigenvalue weighted by molar-refractivity contribution is 0.167. The fourth-order valence-corrected chi connectivity index (χ4v) is 5.58. The van der Waals surface area contributed by atoms with E-state index in [4.69, 9.17) is 0 Å². The van der Waals surface area contributed by atoms with Gasteiger partial charge in [0.05, 0.1) is 0 Å². The van der Waals surface area contributed by atoms with Gasteiger partial charge in [-0.3, -0.25) is 0 Å². The molecule has 158 valence electrons. The van der Waals surface area contributed by atoms with Gasteiger partial charge in [0.25, 0.3) is 0 Å². The van der Waals surface area contributed by atoms with Crippen molar-refractivity contribution in [3.63, 3.8) is 0 Å². The molecule has 3 aliphatic rings. The number of hydrogen-bond acceptors (Lipinski definition) is 3. The molecule has 0 aromatic rings. The van der Waals surface area contributed by atoms with Crippen LogP contribution in [-0.4, -0.2) is 74.1 Å². The van der Waals surface area contributed by atoms with Crippen molar-refractivity contribution in [1.82, 2.24) is 14.7 Å². The van der Waals surface area contributed by atoms with E-state index < -0.39 is 0 Å². The smallest absolute Gasteiger partial charge is 0.00161 e. The van der Waals surface area contributed by atoms with Crippen LogP contribution in [0.25, 0.3) is 0 Å². The molecule has 0 aromatic carbocycles. The molecule has 3 nitrogen and oxygen atoms in total. The van der Waals surface area contributed by atoms with Crippen molar-refractivity contribution >= 4 is 0 Å². The van der Waals surface area contributed by atoms with Gasteiger partial charge in [0.1, 0.15) is 0 Å². The summed E-state index contributed by atoms with van der Waals surface area (Å²) >= 11 is 0. The van der Waals surface area contributed by atoms with Gasteiger partial charge in [0, 0.05) is 0 Å². The van der Waals surface area contributed by atoms with E-state index in [1.54, 1.807) is 0 Å². The molecular weight excluding hydrogens is 330 g/mol. The van der Waals surface area contributed by atoms with E-state index in [9.17, 15) is 0 Å². The Kier molecular flexibility index (Phi) is 9.95. The van der Waals surface area contributed by atoms with Crippen molar-refractivity contribution in [2.45, 2.75) is 83.5 Å². The third-order valence-corrected chi connectivity index (χ3v) is 7.67. The number of nitrogens with zero attached hydrogens (tertiary/aromatic N) is 3. The van der Waals surface area contributed by atoms with E-state index >= 15 is 0 Å². The van der Waals surface area contributed by atoms with Crippen molar-refractivity contribution in [1.29, 1.82) is 0 Å². The molecule has 0 spiro atoms. The van der Waals surface area contributed by atoms with Gasteiger partial charge in [-0.1, -0.05) is 32.1 Å². The fourth-order valence-electron chi connectivity index (χ4n) is 5.58. The topological polar surface area (TPSA) is 9.72 Å². The molecule has 3 rings (SSSR count). The molecule has 0 saturated carbocycles.